The number of hydrogen-bond acceptors (Lipinski definition) is 0. The molecule has 1 aliphatic carbocycles. The molecule has 10 heavy (non-hydrogen) atoms. The van der Waals surface area contributed by atoms with Gasteiger partial charge in [0.15, 0.2) is 12.3 Å². The highest BCUT2D eigenvalue weighted by molar-refractivity contribution is 5.28. The number of allylic oxidation sites excluding steroid dienone is 4. The average Bonchev–Trinajstić information content (AvgIpc) is 1.82. The standard InChI is InChI=1S/C7H7F3/c1-4-2-5(8)7(10)6(9)3-4/h2-3,5,7H,1H3/t5-,7?/m0/s1. The molecule has 0 fully saturated rings. The predicted octanol–water partition coefficient (Wildman–Crippen LogP) is 2.48. The van der Waals surface area contributed by atoms with Gasteiger partial charge in [-0.3, -0.25) is 0 Å². The number of halogens is 3. The van der Waals surface area contributed by atoms with E-state index in [1.54, 1.807) is 0 Å². The van der Waals surface area contributed by atoms with Crippen LogP contribution in [0.15, 0.2) is 23.6 Å². The fourth-order valence-electron chi connectivity index (χ4n) is 0.833. The second-order valence-electron chi connectivity index (χ2n) is 2.29. The first-order valence-corrected chi connectivity index (χ1v) is 2.95. The largest absolute Gasteiger partial charge is 0.239 e. The van der Waals surface area contributed by atoms with Crippen molar-refractivity contribution in [2.24, 2.45) is 0 Å². The first kappa shape index (κ1) is 7.38. The lowest BCUT2D eigenvalue weighted by Crippen LogP contribution is -2.18. The van der Waals surface area contributed by atoms with Crippen molar-refractivity contribution in [3.05, 3.63) is 23.6 Å². The maximum Gasteiger partial charge on any atom is 0.186 e. The van der Waals surface area contributed by atoms with Crippen LogP contribution < -0.4 is 0 Å². The Hall–Kier alpha value is -0.730. The van der Waals surface area contributed by atoms with Crippen LogP contribution in [0, 0.1) is 0 Å². The molecule has 1 unspecified atom stereocenters. The quantitative estimate of drug-likeness (QED) is 0.495. The maximum atomic E-state index is 12.3. The molecule has 0 aliphatic heterocycles. The van der Waals surface area contributed by atoms with Crippen molar-refractivity contribution in [3.63, 3.8) is 0 Å². The van der Waals surface area contributed by atoms with E-state index < -0.39 is 18.2 Å². The third-order valence-electron chi connectivity index (χ3n) is 1.33. The molecule has 3 heteroatoms. The average molecular weight is 148 g/mol. The van der Waals surface area contributed by atoms with Crippen molar-refractivity contribution in [2.45, 2.75) is 19.3 Å². The van der Waals surface area contributed by atoms with Crippen molar-refractivity contribution in [3.8, 4) is 0 Å². The fourth-order valence-corrected chi connectivity index (χ4v) is 0.833. The molecule has 0 bridgehead atoms. The number of alkyl halides is 2. The molecular formula is C7H7F3. The Kier molecular flexibility index (Phi) is 1.83. The van der Waals surface area contributed by atoms with Gasteiger partial charge >= 0.3 is 0 Å². The molecule has 0 heterocycles. The zero-order valence-electron chi connectivity index (χ0n) is 5.44. The van der Waals surface area contributed by atoms with Crippen LogP contribution >= 0.6 is 0 Å². The lowest BCUT2D eigenvalue weighted by molar-refractivity contribution is 0.205. The maximum absolute atomic E-state index is 12.3. The molecule has 56 valence electrons. The van der Waals surface area contributed by atoms with Crippen LogP contribution in [0.2, 0.25) is 0 Å². The van der Waals surface area contributed by atoms with Crippen LogP contribution in [0.5, 0.6) is 0 Å². The molecule has 0 amide bonds. The molecule has 0 saturated heterocycles. The molecular weight excluding hydrogens is 141 g/mol. The van der Waals surface area contributed by atoms with Crippen molar-refractivity contribution < 1.29 is 13.2 Å². The summed E-state index contributed by atoms with van der Waals surface area (Å²) in [4.78, 5) is 0. The molecule has 1 aliphatic rings. The molecule has 0 nitrogen and oxygen atoms in total. The first-order valence-electron chi connectivity index (χ1n) is 2.95. The Labute approximate surface area is 57.0 Å². The van der Waals surface area contributed by atoms with E-state index in [0.717, 1.165) is 12.2 Å². The summed E-state index contributed by atoms with van der Waals surface area (Å²) in [5.74, 6) is -1.02. The van der Waals surface area contributed by atoms with E-state index in [2.05, 4.69) is 0 Å². The van der Waals surface area contributed by atoms with Gasteiger partial charge in [0.2, 0.25) is 0 Å². The Morgan fingerprint density at radius 3 is 2.50 bits per heavy atom. The van der Waals surface area contributed by atoms with Crippen LogP contribution in [0.4, 0.5) is 13.2 Å². The summed E-state index contributed by atoms with van der Waals surface area (Å²) in [5, 5.41) is 0. The zero-order chi connectivity index (χ0) is 7.72. The third-order valence-corrected chi connectivity index (χ3v) is 1.33. The fraction of sp³-hybridized carbons (Fsp3) is 0.429. The van der Waals surface area contributed by atoms with Crippen LogP contribution in [0.25, 0.3) is 0 Å². The summed E-state index contributed by atoms with van der Waals surface area (Å²) >= 11 is 0. The molecule has 1 rings (SSSR count). The van der Waals surface area contributed by atoms with Gasteiger partial charge in [-0.1, -0.05) is 0 Å². The molecule has 0 radical (unpaired) electrons. The minimum atomic E-state index is -2.09. The molecule has 0 saturated carbocycles. The smallest absolute Gasteiger partial charge is 0.186 e. The minimum Gasteiger partial charge on any atom is -0.239 e. The van der Waals surface area contributed by atoms with E-state index in [1.165, 1.54) is 6.92 Å². The van der Waals surface area contributed by atoms with Gasteiger partial charge in [0.05, 0.1) is 0 Å². The minimum absolute atomic E-state index is 0.430. The van der Waals surface area contributed by atoms with Crippen molar-refractivity contribution in [1.29, 1.82) is 0 Å². The Morgan fingerprint density at radius 1 is 1.40 bits per heavy atom. The second-order valence-corrected chi connectivity index (χ2v) is 2.29. The summed E-state index contributed by atoms with van der Waals surface area (Å²) in [6.07, 6.45) is -1.84. The van der Waals surface area contributed by atoms with Crippen molar-refractivity contribution in [2.75, 3.05) is 0 Å². The molecule has 0 aromatic rings. The van der Waals surface area contributed by atoms with Crippen molar-refractivity contribution in [1.82, 2.24) is 0 Å². The van der Waals surface area contributed by atoms with E-state index in [0.29, 0.717) is 5.57 Å². The summed E-state index contributed by atoms with van der Waals surface area (Å²) in [5.41, 5.74) is 0.430. The first-order chi connectivity index (χ1) is 4.61. The Morgan fingerprint density at radius 2 is 2.00 bits per heavy atom. The van der Waals surface area contributed by atoms with Crippen LogP contribution in [-0.2, 0) is 0 Å². The Bertz CT molecular complexity index is 193. The Balaban J connectivity index is 2.85. The molecule has 0 N–H and O–H groups in total. The SMILES string of the molecule is CC1=C[C@H](F)C(F)C(F)=C1. The molecule has 0 aromatic heterocycles. The van der Waals surface area contributed by atoms with Gasteiger partial charge < -0.3 is 0 Å². The second kappa shape index (κ2) is 2.48. The third kappa shape index (κ3) is 1.23. The topological polar surface area (TPSA) is 0 Å². The van der Waals surface area contributed by atoms with E-state index in [1.807, 2.05) is 0 Å². The van der Waals surface area contributed by atoms with E-state index in [-0.39, 0.29) is 0 Å². The highest BCUT2D eigenvalue weighted by Crippen LogP contribution is 2.23. The monoisotopic (exact) mass is 148 g/mol. The number of hydrogen-bond donors (Lipinski definition) is 0. The summed E-state index contributed by atoms with van der Waals surface area (Å²) < 4.78 is 36.9. The summed E-state index contributed by atoms with van der Waals surface area (Å²) in [6, 6.07) is 0. The van der Waals surface area contributed by atoms with Gasteiger partial charge in [0.1, 0.15) is 5.83 Å². The van der Waals surface area contributed by atoms with Gasteiger partial charge in [-0.2, -0.15) is 0 Å². The summed E-state index contributed by atoms with van der Waals surface area (Å²) in [6.45, 7) is 1.53. The van der Waals surface area contributed by atoms with Gasteiger partial charge in [0, 0.05) is 0 Å². The van der Waals surface area contributed by atoms with Crippen molar-refractivity contribution >= 4 is 0 Å². The predicted molar refractivity (Wildman–Crippen MR) is 32.7 cm³/mol. The normalized spacial score (nSPS) is 33.2. The molecule has 0 aromatic carbocycles. The van der Waals surface area contributed by atoms with Gasteiger partial charge in [0.25, 0.3) is 0 Å². The van der Waals surface area contributed by atoms with Crippen LogP contribution in [-0.4, -0.2) is 12.3 Å². The van der Waals surface area contributed by atoms with Gasteiger partial charge in [-0.15, -0.1) is 0 Å². The van der Waals surface area contributed by atoms with Gasteiger partial charge in [-0.25, -0.2) is 13.2 Å². The lowest BCUT2D eigenvalue weighted by Gasteiger charge is -2.13. The van der Waals surface area contributed by atoms with Crippen LogP contribution in [0.3, 0.4) is 0 Å². The number of rotatable bonds is 0. The molecule has 2 atom stereocenters. The van der Waals surface area contributed by atoms with E-state index in [4.69, 9.17) is 0 Å². The van der Waals surface area contributed by atoms with Gasteiger partial charge in [-0.05, 0) is 24.6 Å². The lowest BCUT2D eigenvalue weighted by atomic mass is 10.0. The highest BCUT2D eigenvalue weighted by atomic mass is 19.2. The van der Waals surface area contributed by atoms with E-state index >= 15 is 0 Å². The van der Waals surface area contributed by atoms with E-state index in [9.17, 15) is 13.2 Å². The molecule has 0 spiro atoms. The van der Waals surface area contributed by atoms with Crippen LogP contribution in [0.1, 0.15) is 6.92 Å². The highest BCUT2D eigenvalue weighted by Gasteiger charge is 2.26. The zero-order valence-corrected chi connectivity index (χ0v) is 5.44. The summed E-state index contributed by atoms with van der Waals surface area (Å²) in [7, 11) is 0.